The van der Waals surface area contributed by atoms with Crippen LogP contribution in [0.15, 0.2) is 12.1 Å². The van der Waals surface area contributed by atoms with E-state index in [2.05, 4.69) is 15.0 Å². The van der Waals surface area contributed by atoms with Gasteiger partial charge in [-0.05, 0) is 32.3 Å². The predicted octanol–water partition coefficient (Wildman–Crippen LogP) is 5.05. The van der Waals surface area contributed by atoms with Crippen molar-refractivity contribution in [3.8, 4) is 0 Å². The van der Waals surface area contributed by atoms with E-state index in [1.54, 1.807) is 4.57 Å². The van der Waals surface area contributed by atoms with E-state index in [4.69, 9.17) is 11.6 Å². The molecule has 0 saturated carbocycles. The third-order valence-electron chi connectivity index (χ3n) is 5.55. The molecule has 0 amide bonds. The lowest BCUT2D eigenvalue weighted by Crippen LogP contribution is -2.31. The summed E-state index contributed by atoms with van der Waals surface area (Å²) in [7, 11) is 0. The Labute approximate surface area is 182 Å². The maximum absolute atomic E-state index is 13.3. The second-order valence-electron chi connectivity index (χ2n) is 7.57. The molecule has 0 fully saturated rings. The minimum atomic E-state index is -4.80. The number of rotatable bonds is 4. The maximum atomic E-state index is 13.3. The van der Waals surface area contributed by atoms with Crippen LogP contribution in [0.3, 0.4) is 0 Å². The monoisotopic (exact) mass is 453 g/mol. The Kier molecular flexibility index (Phi) is 5.59. The Hall–Kier alpha value is -2.39. The summed E-state index contributed by atoms with van der Waals surface area (Å²) in [6, 6.07) is 2.57. The highest BCUT2D eigenvalue weighted by Crippen LogP contribution is 2.42. The molecular formula is C21H23ClF3N5O. The largest absolute Gasteiger partial charge is 0.418 e. The third-order valence-corrected chi connectivity index (χ3v) is 5.85. The average Bonchev–Trinajstić information content (AvgIpc) is 3.13. The first kappa shape index (κ1) is 21.8. The van der Waals surface area contributed by atoms with Crippen LogP contribution in [0.4, 0.5) is 24.8 Å². The van der Waals surface area contributed by atoms with Gasteiger partial charge in [-0.3, -0.25) is 0 Å². The highest BCUT2D eigenvalue weighted by atomic mass is 35.5. The number of aromatic nitrogens is 4. The van der Waals surface area contributed by atoms with E-state index in [1.807, 2.05) is 25.7 Å². The van der Waals surface area contributed by atoms with Gasteiger partial charge in [0.05, 0.1) is 27.6 Å². The lowest BCUT2D eigenvalue weighted by molar-refractivity contribution is -0.206. The van der Waals surface area contributed by atoms with Gasteiger partial charge in [-0.25, -0.2) is 15.0 Å². The molecule has 3 aromatic rings. The molecular weight excluding hydrogens is 431 g/mol. The number of imidazole rings is 1. The molecule has 4 rings (SSSR count). The van der Waals surface area contributed by atoms with Gasteiger partial charge < -0.3 is 14.6 Å². The normalized spacial score (nSPS) is 15.4. The van der Waals surface area contributed by atoms with Crippen molar-refractivity contribution in [3.05, 3.63) is 39.9 Å². The lowest BCUT2D eigenvalue weighted by atomic mass is 10.1. The van der Waals surface area contributed by atoms with Gasteiger partial charge in [0.15, 0.2) is 6.10 Å². The van der Waals surface area contributed by atoms with Crippen LogP contribution in [0.25, 0.3) is 11.0 Å². The molecule has 6 nitrogen and oxygen atoms in total. The summed E-state index contributed by atoms with van der Waals surface area (Å²) < 4.78 is 41.7. The molecule has 0 saturated heterocycles. The fourth-order valence-corrected chi connectivity index (χ4v) is 4.42. The first-order valence-corrected chi connectivity index (χ1v) is 10.6. The van der Waals surface area contributed by atoms with Gasteiger partial charge in [0, 0.05) is 18.7 Å². The molecule has 0 aliphatic carbocycles. The van der Waals surface area contributed by atoms with Gasteiger partial charge in [0.25, 0.3) is 0 Å². The summed E-state index contributed by atoms with van der Waals surface area (Å²) in [5, 5.41) is 10.2. The molecule has 31 heavy (non-hydrogen) atoms. The Morgan fingerprint density at radius 1 is 1.10 bits per heavy atom. The molecule has 0 spiro atoms. The molecule has 166 valence electrons. The fourth-order valence-electron chi connectivity index (χ4n) is 4.23. The number of aliphatic hydroxyl groups excluding tert-OH is 1. The first-order valence-electron chi connectivity index (χ1n) is 10.2. The van der Waals surface area contributed by atoms with Gasteiger partial charge in [0.2, 0.25) is 5.95 Å². The van der Waals surface area contributed by atoms with Crippen LogP contribution in [0.2, 0.25) is 5.02 Å². The average molecular weight is 454 g/mol. The summed E-state index contributed by atoms with van der Waals surface area (Å²) in [6.45, 7) is 6.96. The van der Waals surface area contributed by atoms with E-state index in [0.717, 1.165) is 17.1 Å². The lowest BCUT2D eigenvalue weighted by Gasteiger charge is -2.32. The quantitative estimate of drug-likeness (QED) is 0.598. The summed E-state index contributed by atoms with van der Waals surface area (Å²) in [6.07, 6.45) is -5.37. The zero-order chi connectivity index (χ0) is 22.5. The van der Waals surface area contributed by atoms with Gasteiger partial charge in [-0.2, -0.15) is 13.2 Å². The summed E-state index contributed by atoms with van der Waals surface area (Å²) in [5.74, 6) is 1.17. The van der Waals surface area contributed by atoms with Gasteiger partial charge >= 0.3 is 6.18 Å². The number of aliphatic hydroxyl groups is 1. The maximum Gasteiger partial charge on any atom is 0.418 e. The number of alkyl halides is 3. The number of halogens is 4. The van der Waals surface area contributed by atoms with Crippen LogP contribution in [-0.4, -0.2) is 37.3 Å². The van der Waals surface area contributed by atoms with Crippen LogP contribution in [0.1, 0.15) is 49.1 Å². The number of anilines is 2. The van der Waals surface area contributed by atoms with E-state index in [1.165, 1.54) is 12.1 Å². The van der Waals surface area contributed by atoms with Gasteiger partial charge in [0.1, 0.15) is 11.3 Å². The van der Waals surface area contributed by atoms with Gasteiger partial charge in [-0.1, -0.05) is 31.5 Å². The molecule has 2 aromatic heterocycles. The molecule has 1 unspecified atom stereocenters. The van der Waals surface area contributed by atoms with Crippen LogP contribution in [-0.2, 0) is 19.4 Å². The minimum Gasteiger partial charge on any atom is -0.379 e. The minimum absolute atomic E-state index is 0.209. The molecule has 3 heterocycles. The Bertz CT molecular complexity index is 1120. The van der Waals surface area contributed by atoms with Crippen LogP contribution in [0, 0.1) is 6.92 Å². The molecule has 10 heteroatoms. The topological polar surface area (TPSA) is 67.1 Å². The summed E-state index contributed by atoms with van der Waals surface area (Å²) in [5.41, 5.74) is 2.78. The van der Waals surface area contributed by atoms with E-state index >= 15 is 0 Å². The van der Waals surface area contributed by atoms with Crippen molar-refractivity contribution in [1.82, 2.24) is 19.5 Å². The van der Waals surface area contributed by atoms with Crippen LogP contribution in [0.5, 0.6) is 0 Å². The standard InChI is InChI=1S/C21H23ClF3N5O/c1-4-14-18(15(5-2)27-11(3)26-14)30-10-6-9-29-17-12(19(31)21(23,24)25)7-8-13(22)16(17)28-20(29)30/h7-8,19,31H,4-6,9-10H2,1-3H3. The molecule has 1 aromatic carbocycles. The van der Waals surface area contributed by atoms with E-state index in [0.29, 0.717) is 44.1 Å². The number of hydrogen-bond acceptors (Lipinski definition) is 5. The Morgan fingerprint density at radius 3 is 2.32 bits per heavy atom. The van der Waals surface area contributed by atoms with E-state index in [-0.39, 0.29) is 21.6 Å². The van der Waals surface area contributed by atoms with Crippen molar-refractivity contribution in [2.24, 2.45) is 0 Å². The second kappa shape index (κ2) is 7.94. The van der Waals surface area contributed by atoms with Crippen molar-refractivity contribution in [3.63, 3.8) is 0 Å². The van der Waals surface area contributed by atoms with Crippen molar-refractivity contribution in [2.45, 2.75) is 58.9 Å². The number of aryl methyl sites for hydroxylation is 4. The van der Waals surface area contributed by atoms with Crippen molar-refractivity contribution < 1.29 is 18.3 Å². The molecule has 1 aliphatic rings. The summed E-state index contributed by atoms with van der Waals surface area (Å²) >= 11 is 6.32. The van der Waals surface area contributed by atoms with Crippen LogP contribution < -0.4 is 4.90 Å². The fraction of sp³-hybridized carbons (Fsp3) is 0.476. The predicted molar refractivity (Wildman–Crippen MR) is 113 cm³/mol. The van der Waals surface area contributed by atoms with Crippen molar-refractivity contribution >= 4 is 34.3 Å². The highest BCUT2D eigenvalue weighted by molar-refractivity contribution is 6.35. The molecule has 1 N–H and O–H groups in total. The summed E-state index contributed by atoms with van der Waals surface area (Å²) in [4.78, 5) is 15.8. The third kappa shape index (κ3) is 3.63. The highest BCUT2D eigenvalue weighted by Gasteiger charge is 2.41. The molecule has 1 atom stereocenters. The van der Waals surface area contributed by atoms with Gasteiger partial charge in [-0.15, -0.1) is 0 Å². The Morgan fingerprint density at radius 2 is 1.74 bits per heavy atom. The van der Waals surface area contributed by atoms with Crippen molar-refractivity contribution in [1.29, 1.82) is 0 Å². The molecule has 0 radical (unpaired) electrons. The van der Waals surface area contributed by atoms with E-state index < -0.39 is 12.3 Å². The van der Waals surface area contributed by atoms with E-state index in [9.17, 15) is 18.3 Å². The number of nitrogens with zero attached hydrogens (tertiary/aromatic N) is 5. The SMILES string of the molecule is CCc1nc(C)nc(CC)c1N1CCCn2c1nc1c(Cl)ccc(C(O)C(F)(F)F)c12. The number of benzene rings is 1. The molecule has 1 aliphatic heterocycles. The molecule has 0 bridgehead atoms. The number of fused-ring (bicyclic) bond motifs is 3. The Balaban J connectivity index is 1.98. The zero-order valence-electron chi connectivity index (χ0n) is 17.5. The first-order chi connectivity index (χ1) is 14.7. The second-order valence-corrected chi connectivity index (χ2v) is 7.97. The number of hydrogen-bond donors (Lipinski definition) is 1. The van der Waals surface area contributed by atoms with Crippen molar-refractivity contribution in [2.75, 3.05) is 11.4 Å². The smallest absolute Gasteiger partial charge is 0.379 e. The van der Waals surface area contributed by atoms with Crippen LogP contribution >= 0.6 is 11.6 Å². The zero-order valence-corrected chi connectivity index (χ0v) is 18.2.